The number of benzene rings is 1. The quantitative estimate of drug-likeness (QED) is 0.845. The van der Waals surface area contributed by atoms with Crippen molar-refractivity contribution in [2.45, 2.75) is 0 Å². The number of piperazine rings is 1. The molecule has 3 rings (SSSR count). The summed E-state index contributed by atoms with van der Waals surface area (Å²) in [4.78, 5) is 19.8. The van der Waals surface area contributed by atoms with Crippen LogP contribution in [0.25, 0.3) is 0 Å². The zero-order chi connectivity index (χ0) is 15.5. The maximum absolute atomic E-state index is 12.5. The third-order valence-corrected chi connectivity index (χ3v) is 4.51. The minimum absolute atomic E-state index is 0.00439. The lowest BCUT2D eigenvalue weighted by Crippen LogP contribution is -2.50. The van der Waals surface area contributed by atoms with Gasteiger partial charge in [0.2, 0.25) is 0 Å². The number of halogens is 2. The monoisotopic (exact) mass is 336 g/mol. The first-order valence-corrected chi connectivity index (χ1v) is 7.87. The lowest BCUT2D eigenvalue weighted by atomic mass is 10.2. The Morgan fingerprint density at radius 1 is 1.00 bits per heavy atom. The van der Waals surface area contributed by atoms with Gasteiger partial charge in [-0.15, -0.1) is 0 Å². The van der Waals surface area contributed by atoms with E-state index in [1.165, 1.54) is 0 Å². The highest BCUT2D eigenvalue weighted by atomic mass is 35.5. The minimum atomic E-state index is -0.00439. The Labute approximate surface area is 139 Å². The lowest BCUT2D eigenvalue weighted by molar-refractivity contribution is -0.364. The molecule has 1 N–H and O–H groups in total. The number of carbonyl (C=O) groups excluding carboxylic acids is 1. The third-order valence-electron chi connectivity index (χ3n) is 3.77. The third kappa shape index (κ3) is 3.18. The predicted octanol–water partition coefficient (Wildman–Crippen LogP) is 2.77. The number of hydrogen-bond donors (Lipinski definition) is 0. The Morgan fingerprint density at radius 3 is 2.41 bits per heavy atom. The summed E-state index contributed by atoms with van der Waals surface area (Å²) in [6, 6.07) is 11.0. The van der Waals surface area contributed by atoms with Gasteiger partial charge in [-0.3, -0.25) is 9.69 Å². The van der Waals surface area contributed by atoms with Gasteiger partial charge in [-0.05, 0) is 24.3 Å². The molecule has 0 saturated carbocycles. The molecule has 1 saturated heterocycles. The van der Waals surface area contributed by atoms with Gasteiger partial charge in [-0.1, -0.05) is 29.3 Å². The van der Waals surface area contributed by atoms with Crippen LogP contribution in [0.4, 0.5) is 5.82 Å². The topological polar surface area (TPSA) is 37.7 Å². The van der Waals surface area contributed by atoms with E-state index >= 15 is 0 Å². The van der Waals surface area contributed by atoms with Crippen molar-refractivity contribution in [3.05, 3.63) is 58.2 Å². The fourth-order valence-electron chi connectivity index (χ4n) is 2.54. The lowest BCUT2D eigenvalue weighted by Gasteiger charge is -2.31. The van der Waals surface area contributed by atoms with Crippen LogP contribution in [-0.4, -0.2) is 37.0 Å². The number of carbonyl (C=O) groups is 1. The van der Waals surface area contributed by atoms with E-state index in [0.717, 1.165) is 18.9 Å². The highest BCUT2D eigenvalue weighted by Gasteiger charge is 2.26. The highest BCUT2D eigenvalue weighted by molar-refractivity contribution is 6.42. The number of aromatic nitrogens is 1. The second-order valence-electron chi connectivity index (χ2n) is 5.16. The standard InChI is InChI=1S/C16H15Cl2N3O/c17-13-5-4-12(11-14(13)18)16(22)21-9-7-20(8-10-21)15-3-1-2-6-19-15/h1-6,11H,7-10H2/p+1. The van der Waals surface area contributed by atoms with Crippen LogP contribution >= 0.6 is 23.2 Å². The van der Waals surface area contributed by atoms with Crippen molar-refractivity contribution >= 4 is 34.9 Å². The van der Waals surface area contributed by atoms with E-state index in [4.69, 9.17) is 23.2 Å². The predicted molar refractivity (Wildman–Crippen MR) is 87.6 cm³/mol. The Balaban J connectivity index is 1.66. The van der Waals surface area contributed by atoms with Crippen LogP contribution in [0.5, 0.6) is 0 Å². The van der Waals surface area contributed by atoms with Crippen LogP contribution in [0.2, 0.25) is 10.0 Å². The Hall–Kier alpha value is -1.78. The summed E-state index contributed by atoms with van der Waals surface area (Å²) in [6.07, 6.45) is 1.91. The van der Waals surface area contributed by atoms with Crippen molar-refractivity contribution in [3.63, 3.8) is 0 Å². The molecule has 0 atom stereocenters. The van der Waals surface area contributed by atoms with Crippen molar-refractivity contribution in [2.75, 3.05) is 31.1 Å². The van der Waals surface area contributed by atoms with Crippen molar-refractivity contribution in [3.8, 4) is 0 Å². The van der Waals surface area contributed by atoms with E-state index in [2.05, 4.69) is 9.88 Å². The van der Waals surface area contributed by atoms with Crippen LogP contribution < -0.4 is 9.88 Å². The van der Waals surface area contributed by atoms with Crippen LogP contribution in [0.15, 0.2) is 42.6 Å². The van der Waals surface area contributed by atoms with Gasteiger partial charge >= 0.3 is 0 Å². The van der Waals surface area contributed by atoms with Crippen molar-refractivity contribution in [2.24, 2.45) is 0 Å². The summed E-state index contributed by atoms with van der Waals surface area (Å²) in [5.74, 6) is 1.07. The van der Waals surface area contributed by atoms with Gasteiger partial charge in [0.15, 0.2) is 0 Å². The van der Waals surface area contributed by atoms with Crippen molar-refractivity contribution in [1.82, 2.24) is 4.90 Å². The molecule has 1 fully saturated rings. The minimum Gasteiger partial charge on any atom is -0.331 e. The zero-order valence-corrected chi connectivity index (χ0v) is 13.4. The van der Waals surface area contributed by atoms with Gasteiger partial charge in [0, 0.05) is 11.6 Å². The number of amides is 1. The largest absolute Gasteiger partial charge is 0.331 e. The molecular formula is C16H16Cl2N3O+. The molecule has 2 heterocycles. The van der Waals surface area contributed by atoms with E-state index in [1.54, 1.807) is 18.2 Å². The van der Waals surface area contributed by atoms with E-state index in [-0.39, 0.29) is 5.91 Å². The molecule has 0 spiro atoms. The maximum Gasteiger partial charge on any atom is 0.274 e. The Kier molecular flexibility index (Phi) is 4.50. The highest BCUT2D eigenvalue weighted by Crippen LogP contribution is 2.23. The summed E-state index contributed by atoms with van der Waals surface area (Å²) in [5.41, 5.74) is 0.578. The van der Waals surface area contributed by atoms with Gasteiger partial charge in [0.1, 0.15) is 13.1 Å². The first-order chi connectivity index (χ1) is 10.6. The molecule has 0 radical (unpaired) electrons. The molecule has 6 heteroatoms. The van der Waals surface area contributed by atoms with E-state index in [0.29, 0.717) is 28.7 Å². The molecule has 1 aromatic heterocycles. The summed E-state index contributed by atoms with van der Waals surface area (Å²) in [6.45, 7) is 2.96. The molecule has 0 aliphatic carbocycles. The van der Waals surface area contributed by atoms with Gasteiger partial charge in [-0.25, -0.2) is 4.98 Å². The fourth-order valence-corrected chi connectivity index (χ4v) is 2.84. The SMILES string of the molecule is O=C(c1ccc(Cl)c(Cl)c1)N1CCN(c2cccc[nH+]2)CC1. The average Bonchev–Trinajstić information content (AvgIpc) is 2.58. The molecule has 4 nitrogen and oxygen atoms in total. The van der Waals surface area contributed by atoms with Crippen molar-refractivity contribution in [1.29, 1.82) is 0 Å². The molecule has 1 aliphatic rings. The first kappa shape index (κ1) is 15.1. The normalized spacial score (nSPS) is 15.0. The summed E-state index contributed by atoms with van der Waals surface area (Å²) in [7, 11) is 0. The van der Waals surface area contributed by atoms with Crippen LogP contribution in [0, 0.1) is 0 Å². The van der Waals surface area contributed by atoms with Gasteiger partial charge in [0.25, 0.3) is 11.7 Å². The molecule has 0 bridgehead atoms. The molecule has 0 unspecified atom stereocenters. The number of anilines is 1. The number of rotatable bonds is 2. The van der Waals surface area contributed by atoms with E-state index in [9.17, 15) is 4.79 Å². The number of aromatic amines is 1. The molecule has 114 valence electrons. The second-order valence-corrected chi connectivity index (χ2v) is 5.97. The van der Waals surface area contributed by atoms with Crippen molar-refractivity contribution < 1.29 is 9.78 Å². The number of pyridine rings is 1. The number of hydrogen-bond acceptors (Lipinski definition) is 2. The molecule has 1 aromatic carbocycles. The van der Waals surface area contributed by atoms with E-state index < -0.39 is 0 Å². The maximum atomic E-state index is 12.5. The summed E-state index contributed by atoms with van der Waals surface area (Å²) < 4.78 is 0. The zero-order valence-electron chi connectivity index (χ0n) is 11.9. The van der Waals surface area contributed by atoms with Gasteiger partial charge in [-0.2, -0.15) is 0 Å². The molecular weight excluding hydrogens is 321 g/mol. The number of nitrogens with zero attached hydrogens (tertiary/aromatic N) is 2. The van der Waals surface area contributed by atoms with E-state index in [1.807, 2.05) is 29.3 Å². The van der Waals surface area contributed by atoms with Gasteiger partial charge in [0.05, 0.1) is 29.3 Å². The Morgan fingerprint density at radius 2 is 1.77 bits per heavy atom. The Bertz CT molecular complexity index is 670. The number of nitrogens with one attached hydrogen (secondary N) is 1. The number of H-pyrrole nitrogens is 1. The smallest absolute Gasteiger partial charge is 0.274 e. The van der Waals surface area contributed by atoms with Gasteiger partial charge < -0.3 is 4.90 Å². The molecule has 2 aromatic rings. The summed E-state index contributed by atoms with van der Waals surface area (Å²) >= 11 is 11.9. The fraction of sp³-hybridized carbons (Fsp3) is 0.250. The summed E-state index contributed by atoms with van der Waals surface area (Å²) in [5, 5.41) is 0.868. The molecule has 1 amide bonds. The molecule has 1 aliphatic heterocycles. The van der Waals surface area contributed by atoms with Crippen LogP contribution in [0.1, 0.15) is 10.4 Å². The van der Waals surface area contributed by atoms with Crippen LogP contribution in [0.3, 0.4) is 0 Å². The average molecular weight is 337 g/mol. The van der Waals surface area contributed by atoms with Crippen LogP contribution in [-0.2, 0) is 0 Å². The second kappa shape index (κ2) is 6.55. The molecule has 22 heavy (non-hydrogen) atoms. The first-order valence-electron chi connectivity index (χ1n) is 7.11.